The molecule has 0 atom stereocenters. The van der Waals surface area contributed by atoms with Crippen LogP contribution < -0.4 is 20.2 Å². The molecule has 0 unspecified atom stereocenters. The first-order valence-electron chi connectivity index (χ1n) is 11.1. The molecule has 0 bridgehead atoms. The summed E-state index contributed by atoms with van der Waals surface area (Å²) < 4.78 is 11.2. The molecule has 9 heteroatoms. The number of fused-ring (bicyclic) bond motifs is 1. The molecule has 1 aromatic heterocycles. The van der Waals surface area contributed by atoms with Gasteiger partial charge in [0.05, 0.1) is 18.9 Å². The van der Waals surface area contributed by atoms with Gasteiger partial charge in [-0.3, -0.25) is 9.59 Å². The number of aryl methyl sites for hydroxylation is 1. The van der Waals surface area contributed by atoms with Crippen LogP contribution in [0.4, 0.5) is 5.00 Å². The largest absolute Gasteiger partial charge is 0.493 e. The normalized spacial score (nSPS) is 12.5. The average Bonchev–Trinajstić information content (AvgIpc) is 3.24. The van der Waals surface area contributed by atoms with Gasteiger partial charge in [0.1, 0.15) is 17.7 Å². The molecule has 0 fully saturated rings. The fraction of sp³-hybridized carbons (Fsp3) is 0.231. The highest BCUT2D eigenvalue weighted by atomic mass is 32.1. The van der Waals surface area contributed by atoms with E-state index in [9.17, 15) is 14.9 Å². The number of rotatable bonds is 7. The number of hydrogen-bond acceptors (Lipinski definition) is 7. The Hall–Kier alpha value is -4.16. The lowest BCUT2D eigenvalue weighted by molar-refractivity contribution is -0.136. The van der Waals surface area contributed by atoms with Gasteiger partial charge in [-0.25, -0.2) is 5.43 Å². The van der Waals surface area contributed by atoms with Crippen molar-refractivity contribution in [3.05, 3.63) is 75.7 Å². The highest BCUT2D eigenvalue weighted by Gasteiger charge is 2.23. The van der Waals surface area contributed by atoms with Crippen molar-refractivity contribution < 1.29 is 19.1 Å². The molecule has 0 spiro atoms. The fourth-order valence-corrected chi connectivity index (χ4v) is 5.00. The first kappa shape index (κ1) is 24.0. The number of anilines is 1. The number of carbonyl (C=O) groups is 2. The highest BCUT2D eigenvalue weighted by Crippen LogP contribution is 2.37. The van der Waals surface area contributed by atoms with E-state index in [0.717, 1.165) is 41.7 Å². The van der Waals surface area contributed by atoms with Crippen LogP contribution >= 0.6 is 11.3 Å². The van der Waals surface area contributed by atoms with Gasteiger partial charge < -0.3 is 14.8 Å². The van der Waals surface area contributed by atoms with Gasteiger partial charge in [-0.2, -0.15) is 10.4 Å². The zero-order valence-corrected chi connectivity index (χ0v) is 20.0. The van der Waals surface area contributed by atoms with Gasteiger partial charge in [0.15, 0.2) is 11.5 Å². The third-order valence-electron chi connectivity index (χ3n) is 5.52. The minimum absolute atomic E-state index is 0.367. The van der Waals surface area contributed by atoms with E-state index in [2.05, 4.69) is 21.9 Å². The number of nitrogens with one attached hydrogen (secondary N) is 2. The molecule has 0 radical (unpaired) electrons. The van der Waals surface area contributed by atoms with Crippen molar-refractivity contribution in [2.24, 2.45) is 5.10 Å². The van der Waals surface area contributed by atoms with E-state index in [1.165, 1.54) is 17.6 Å². The molecule has 8 nitrogen and oxygen atoms in total. The maximum absolute atomic E-state index is 12.4. The molecule has 0 saturated heterocycles. The Kier molecular flexibility index (Phi) is 7.75. The standard InChI is InChI=1S/C26H24N4O4S/c1-33-21-12-11-18(13-22(21)34-16-17-7-3-2-4-8-17)15-28-30-25(32)24(31)29-26-20(14-27)19-9-5-6-10-23(19)35-26/h2-4,7-8,11-13,15H,5-6,9-10,16H2,1H3,(H,29,31)(H,30,32). The lowest BCUT2D eigenvalue weighted by Gasteiger charge is -2.11. The third-order valence-corrected chi connectivity index (χ3v) is 6.73. The molecule has 2 aromatic carbocycles. The number of nitriles is 1. The number of carbonyl (C=O) groups excluding carboxylic acids is 2. The van der Waals surface area contributed by atoms with Crippen LogP contribution in [0.15, 0.2) is 53.6 Å². The predicted octanol–water partition coefficient (Wildman–Crippen LogP) is 4.17. The van der Waals surface area contributed by atoms with E-state index < -0.39 is 11.8 Å². The summed E-state index contributed by atoms with van der Waals surface area (Å²) in [6.07, 6.45) is 5.20. The third kappa shape index (κ3) is 5.86. The number of hydrogen-bond donors (Lipinski definition) is 2. The smallest absolute Gasteiger partial charge is 0.329 e. The van der Waals surface area contributed by atoms with Crippen LogP contribution in [0, 0.1) is 11.3 Å². The number of hydrazone groups is 1. The Morgan fingerprint density at radius 2 is 1.91 bits per heavy atom. The van der Waals surface area contributed by atoms with Crippen LogP contribution in [0.25, 0.3) is 0 Å². The zero-order valence-electron chi connectivity index (χ0n) is 19.2. The molecule has 1 aliphatic rings. The van der Waals surface area contributed by atoms with Crippen LogP contribution in [0.2, 0.25) is 0 Å². The quantitative estimate of drug-likeness (QED) is 0.294. The minimum atomic E-state index is -0.925. The number of ether oxygens (including phenoxy) is 2. The Morgan fingerprint density at radius 1 is 1.11 bits per heavy atom. The number of amides is 2. The molecular weight excluding hydrogens is 464 g/mol. The van der Waals surface area contributed by atoms with E-state index in [1.807, 2.05) is 30.3 Å². The molecule has 0 saturated carbocycles. The van der Waals surface area contributed by atoms with Gasteiger partial charge in [-0.15, -0.1) is 11.3 Å². The Labute approximate surface area is 207 Å². The first-order valence-corrected chi connectivity index (χ1v) is 11.9. The van der Waals surface area contributed by atoms with Gasteiger partial charge in [0, 0.05) is 4.88 Å². The van der Waals surface area contributed by atoms with Crippen molar-refractivity contribution in [1.82, 2.24) is 5.43 Å². The number of benzene rings is 2. The van der Waals surface area contributed by atoms with Gasteiger partial charge in [-0.05, 0) is 60.6 Å². The summed E-state index contributed by atoms with van der Waals surface area (Å²) in [4.78, 5) is 25.7. The van der Waals surface area contributed by atoms with Crippen LogP contribution in [0.5, 0.6) is 11.5 Å². The second-order valence-corrected chi connectivity index (χ2v) is 8.97. The molecular formula is C26H24N4O4S. The molecule has 2 amide bonds. The van der Waals surface area contributed by atoms with Crippen molar-refractivity contribution in [2.75, 3.05) is 12.4 Å². The van der Waals surface area contributed by atoms with E-state index in [-0.39, 0.29) is 0 Å². The van der Waals surface area contributed by atoms with E-state index in [4.69, 9.17) is 9.47 Å². The average molecular weight is 489 g/mol. The van der Waals surface area contributed by atoms with Crippen LogP contribution in [-0.2, 0) is 29.0 Å². The first-order chi connectivity index (χ1) is 17.1. The summed E-state index contributed by atoms with van der Waals surface area (Å²) in [5.41, 5.74) is 5.32. The molecule has 1 heterocycles. The molecule has 0 aliphatic heterocycles. The Morgan fingerprint density at radius 3 is 2.69 bits per heavy atom. The van der Waals surface area contributed by atoms with Crippen LogP contribution in [0.3, 0.4) is 0 Å². The summed E-state index contributed by atoms with van der Waals surface area (Å²) in [7, 11) is 1.55. The molecule has 3 aromatic rings. The topological polar surface area (TPSA) is 113 Å². The predicted molar refractivity (Wildman–Crippen MR) is 134 cm³/mol. The Balaban J connectivity index is 1.37. The maximum Gasteiger partial charge on any atom is 0.329 e. The minimum Gasteiger partial charge on any atom is -0.493 e. The fourth-order valence-electron chi connectivity index (χ4n) is 3.77. The number of thiophene rings is 1. The monoisotopic (exact) mass is 488 g/mol. The van der Waals surface area contributed by atoms with Crippen molar-refractivity contribution >= 4 is 34.4 Å². The maximum atomic E-state index is 12.4. The second-order valence-electron chi connectivity index (χ2n) is 7.86. The van der Waals surface area contributed by atoms with Crippen molar-refractivity contribution in [2.45, 2.75) is 32.3 Å². The zero-order chi connectivity index (χ0) is 24.6. The molecule has 4 rings (SSSR count). The van der Waals surface area contributed by atoms with E-state index in [0.29, 0.717) is 34.2 Å². The van der Waals surface area contributed by atoms with Gasteiger partial charge >= 0.3 is 11.8 Å². The highest BCUT2D eigenvalue weighted by molar-refractivity contribution is 7.16. The lowest BCUT2D eigenvalue weighted by atomic mass is 9.96. The summed E-state index contributed by atoms with van der Waals surface area (Å²) in [5, 5.41) is 16.4. The van der Waals surface area contributed by atoms with Crippen LogP contribution in [0.1, 0.15) is 40.0 Å². The Bertz CT molecular complexity index is 1290. The number of nitrogens with zero attached hydrogens (tertiary/aromatic N) is 2. The number of methoxy groups -OCH3 is 1. The lowest BCUT2D eigenvalue weighted by Crippen LogP contribution is -2.32. The van der Waals surface area contributed by atoms with Crippen molar-refractivity contribution in [3.8, 4) is 17.6 Å². The second kappa shape index (κ2) is 11.3. The van der Waals surface area contributed by atoms with Crippen molar-refractivity contribution in [3.63, 3.8) is 0 Å². The summed E-state index contributed by atoms with van der Waals surface area (Å²) >= 11 is 1.36. The SMILES string of the molecule is COc1ccc(C=NNC(=O)C(=O)Nc2sc3c(c2C#N)CCCC3)cc1OCc1ccccc1. The summed E-state index contributed by atoms with van der Waals surface area (Å²) in [6, 6.07) is 17.1. The van der Waals surface area contributed by atoms with Gasteiger partial charge in [0.2, 0.25) is 0 Å². The molecule has 2 N–H and O–H groups in total. The van der Waals surface area contributed by atoms with Crippen molar-refractivity contribution in [1.29, 1.82) is 5.26 Å². The van der Waals surface area contributed by atoms with E-state index >= 15 is 0 Å². The van der Waals surface area contributed by atoms with Gasteiger partial charge in [-0.1, -0.05) is 30.3 Å². The molecule has 35 heavy (non-hydrogen) atoms. The van der Waals surface area contributed by atoms with Gasteiger partial charge in [0.25, 0.3) is 0 Å². The van der Waals surface area contributed by atoms with Crippen LogP contribution in [-0.4, -0.2) is 25.1 Å². The summed E-state index contributed by atoms with van der Waals surface area (Å²) in [5.74, 6) is -0.715. The molecule has 178 valence electrons. The summed E-state index contributed by atoms with van der Waals surface area (Å²) in [6.45, 7) is 0.367. The molecule has 1 aliphatic carbocycles. The van der Waals surface area contributed by atoms with E-state index in [1.54, 1.807) is 25.3 Å².